The molecule has 0 saturated heterocycles. The van der Waals surface area contributed by atoms with Crippen LogP contribution in [0.2, 0.25) is 0 Å². The van der Waals surface area contributed by atoms with Crippen molar-refractivity contribution in [3.8, 4) is 0 Å². The molecule has 0 aliphatic heterocycles. The summed E-state index contributed by atoms with van der Waals surface area (Å²) in [6.45, 7) is 6.78. The first-order valence-electron chi connectivity index (χ1n) is 5.51. The average Bonchev–Trinajstić information content (AvgIpc) is 2.17. The first kappa shape index (κ1) is 13.1. The van der Waals surface area contributed by atoms with Crippen LogP contribution in [0.25, 0.3) is 0 Å². The van der Waals surface area contributed by atoms with Crippen molar-refractivity contribution < 1.29 is 8.78 Å². The van der Waals surface area contributed by atoms with Crippen LogP contribution in [0.1, 0.15) is 38.7 Å². The summed E-state index contributed by atoms with van der Waals surface area (Å²) < 4.78 is 26.0. The number of nitrogens with two attached hydrogens (primary N) is 1. The maximum absolute atomic E-state index is 13.2. The van der Waals surface area contributed by atoms with Crippen molar-refractivity contribution in [3.05, 3.63) is 35.4 Å². The lowest BCUT2D eigenvalue weighted by Crippen LogP contribution is -2.21. The summed E-state index contributed by atoms with van der Waals surface area (Å²) in [4.78, 5) is 0. The number of rotatable bonds is 3. The molecular formula is C13H19F2N. The monoisotopic (exact) mass is 227 g/mol. The molecule has 3 heteroatoms. The van der Waals surface area contributed by atoms with Gasteiger partial charge in [-0.2, -0.15) is 0 Å². The summed E-state index contributed by atoms with van der Waals surface area (Å²) in [5.74, 6) is -1.44. The fraction of sp³-hybridized carbons (Fsp3) is 0.538. The Bertz CT molecular complexity index is 355. The second kappa shape index (κ2) is 4.91. The van der Waals surface area contributed by atoms with Crippen LogP contribution in [0.3, 0.4) is 0 Å². The third kappa shape index (κ3) is 3.01. The lowest BCUT2D eigenvalue weighted by atomic mass is 9.74. The van der Waals surface area contributed by atoms with E-state index >= 15 is 0 Å². The topological polar surface area (TPSA) is 26.0 Å². The Balaban J connectivity index is 3.06. The van der Waals surface area contributed by atoms with E-state index in [1.165, 1.54) is 12.1 Å². The predicted molar refractivity (Wildman–Crippen MR) is 62.2 cm³/mol. The van der Waals surface area contributed by atoms with Gasteiger partial charge >= 0.3 is 0 Å². The molecule has 0 saturated carbocycles. The number of hydrogen-bond acceptors (Lipinski definition) is 1. The minimum Gasteiger partial charge on any atom is -0.330 e. The third-order valence-corrected chi connectivity index (χ3v) is 2.85. The van der Waals surface area contributed by atoms with Crippen LogP contribution in [0.15, 0.2) is 18.2 Å². The fourth-order valence-electron chi connectivity index (χ4n) is 2.00. The van der Waals surface area contributed by atoms with Crippen LogP contribution in [-0.2, 0) is 0 Å². The molecule has 1 aromatic carbocycles. The van der Waals surface area contributed by atoms with Crippen LogP contribution >= 0.6 is 0 Å². The molecule has 90 valence electrons. The minimum absolute atomic E-state index is 0.0103. The summed E-state index contributed by atoms with van der Waals surface area (Å²) in [6, 6.07) is 4.10. The zero-order chi connectivity index (χ0) is 12.3. The van der Waals surface area contributed by atoms with Crippen molar-refractivity contribution in [2.75, 3.05) is 6.54 Å². The summed E-state index contributed by atoms with van der Waals surface area (Å²) in [7, 11) is 0. The van der Waals surface area contributed by atoms with Gasteiger partial charge in [0.2, 0.25) is 0 Å². The second-order valence-electron chi connectivity index (χ2n) is 5.17. The van der Waals surface area contributed by atoms with Crippen LogP contribution in [0.4, 0.5) is 8.78 Å². The summed E-state index contributed by atoms with van der Waals surface area (Å²) >= 11 is 0. The minimum atomic E-state index is -0.802. The van der Waals surface area contributed by atoms with Crippen LogP contribution < -0.4 is 5.73 Å². The molecule has 0 fully saturated rings. The Morgan fingerprint density at radius 1 is 1.19 bits per heavy atom. The molecule has 0 aliphatic carbocycles. The van der Waals surface area contributed by atoms with Crippen molar-refractivity contribution in [1.82, 2.24) is 0 Å². The zero-order valence-electron chi connectivity index (χ0n) is 10.1. The van der Waals surface area contributed by atoms with E-state index < -0.39 is 11.6 Å². The number of benzene rings is 1. The molecular weight excluding hydrogens is 208 g/mol. The van der Waals surface area contributed by atoms with Gasteiger partial charge in [0.25, 0.3) is 0 Å². The van der Waals surface area contributed by atoms with Gasteiger partial charge in [0.05, 0.1) is 0 Å². The molecule has 1 nitrogen and oxygen atoms in total. The van der Waals surface area contributed by atoms with Gasteiger partial charge in [0.1, 0.15) is 0 Å². The van der Waals surface area contributed by atoms with Crippen LogP contribution in [0, 0.1) is 17.0 Å². The van der Waals surface area contributed by atoms with E-state index in [-0.39, 0.29) is 11.3 Å². The highest BCUT2D eigenvalue weighted by molar-refractivity contribution is 5.23. The van der Waals surface area contributed by atoms with Crippen molar-refractivity contribution in [2.45, 2.75) is 33.1 Å². The maximum atomic E-state index is 13.2. The molecule has 1 rings (SSSR count). The maximum Gasteiger partial charge on any atom is 0.159 e. The average molecular weight is 227 g/mol. The van der Waals surface area contributed by atoms with Gasteiger partial charge in [-0.25, -0.2) is 8.78 Å². The summed E-state index contributed by atoms with van der Waals surface area (Å²) in [5, 5.41) is 0. The van der Waals surface area contributed by atoms with Crippen molar-refractivity contribution >= 4 is 0 Å². The molecule has 0 aromatic heterocycles. The van der Waals surface area contributed by atoms with E-state index in [2.05, 4.69) is 20.8 Å². The Morgan fingerprint density at radius 2 is 1.81 bits per heavy atom. The fourth-order valence-corrected chi connectivity index (χ4v) is 2.00. The molecule has 1 atom stereocenters. The van der Waals surface area contributed by atoms with E-state index in [9.17, 15) is 8.78 Å². The van der Waals surface area contributed by atoms with E-state index in [0.717, 1.165) is 12.0 Å². The lowest BCUT2D eigenvalue weighted by molar-refractivity contribution is 0.306. The number of halogens is 2. The molecule has 0 bridgehead atoms. The quantitative estimate of drug-likeness (QED) is 0.841. The van der Waals surface area contributed by atoms with Crippen LogP contribution in [-0.4, -0.2) is 6.54 Å². The van der Waals surface area contributed by atoms with Gasteiger partial charge < -0.3 is 5.73 Å². The molecule has 1 unspecified atom stereocenters. The Kier molecular flexibility index (Phi) is 4.03. The van der Waals surface area contributed by atoms with Gasteiger partial charge in [-0.1, -0.05) is 26.8 Å². The standard InChI is InChI=1S/C13H19F2N/c1-13(2,3)10(6-7-16)9-4-5-11(14)12(15)8-9/h4-5,8,10H,6-7,16H2,1-3H3. The molecule has 16 heavy (non-hydrogen) atoms. The highest BCUT2D eigenvalue weighted by atomic mass is 19.2. The Hall–Kier alpha value is -0.960. The Morgan fingerprint density at radius 3 is 2.25 bits per heavy atom. The molecule has 0 aliphatic rings. The SMILES string of the molecule is CC(C)(C)C(CCN)c1ccc(F)c(F)c1. The largest absolute Gasteiger partial charge is 0.330 e. The van der Waals surface area contributed by atoms with Crippen molar-refractivity contribution in [3.63, 3.8) is 0 Å². The first-order chi connectivity index (χ1) is 7.36. The van der Waals surface area contributed by atoms with E-state index in [0.29, 0.717) is 6.54 Å². The third-order valence-electron chi connectivity index (χ3n) is 2.85. The molecule has 0 spiro atoms. The zero-order valence-corrected chi connectivity index (χ0v) is 10.1. The van der Waals surface area contributed by atoms with E-state index in [4.69, 9.17) is 5.73 Å². The summed E-state index contributed by atoms with van der Waals surface area (Å²) in [6.07, 6.45) is 0.772. The molecule has 0 heterocycles. The normalized spacial score (nSPS) is 13.9. The first-order valence-corrected chi connectivity index (χ1v) is 5.51. The van der Waals surface area contributed by atoms with Crippen LogP contribution in [0.5, 0.6) is 0 Å². The van der Waals surface area contributed by atoms with Gasteiger partial charge in [0.15, 0.2) is 11.6 Å². The van der Waals surface area contributed by atoms with E-state index in [1.807, 2.05) is 0 Å². The van der Waals surface area contributed by atoms with Crippen molar-refractivity contribution in [2.24, 2.45) is 11.1 Å². The van der Waals surface area contributed by atoms with Crippen molar-refractivity contribution in [1.29, 1.82) is 0 Å². The van der Waals surface area contributed by atoms with E-state index in [1.54, 1.807) is 6.07 Å². The smallest absolute Gasteiger partial charge is 0.159 e. The molecule has 0 amide bonds. The molecule has 0 radical (unpaired) electrons. The van der Waals surface area contributed by atoms with Gasteiger partial charge in [-0.05, 0) is 42.0 Å². The highest BCUT2D eigenvalue weighted by Gasteiger charge is 2.26. The van der Waals surface area contributed by atoms with Gasteiger partial charge in [-0.15, -0.1) is 0 Å². The number of hydrogen-bond donors (Lipinski definition) is 1. The van der Waals surface area contributed by atoms with Gasteiger partial charge in [-0.3, -0.25) is 0 Å². The predicted octanol–water partition coefficient (Wildman–Crippen LogP) is 3.44. The molecule has 2 N–H and O–H groups in total. The van der Waals surface area contributed by atoms with Gasteiger partial charge in [0, 0.05) is 0 Å². The Labute approximate surface area is 95.7 Å². The second-order valence-corrected chi connectivity index (χ2v) is 5.17. The summed E-state index contributed by atoms with van der Waals surface area (Å²) in [5.41, 5.74) is 6.37. The highest BCUT2D eigenvalue weighted by Crippen LogP contribution is 2.37. The molecule has 1 aromatic rings. The lowest BCUT2D eigenvalue weighted by Gasteiger charge is -2.31.